The van der Waals surface area contributed by atoms with E-state index in [-0.39, 0.29) is 24.4 Å². The molecule has 18 heavy (non-hydrogen) atoms. The van der Waals surface area contributed by atoms with Gasteiger partial charge in [0.15, 0.2) is 0 Å². The monoisotopic (exact) mass is 253 g/mol. The summed E-state index contributed by atoms with van der Waals surface area (Å²) in [6.45, 7) is 9.78. The first-order valence-electron chi connectivity index (χ1n) is 6.43. The minimum atomic E-state index is -0.107. The fourth-order valence-corrected chi connectivity index (χ4v) is 1.77. The molecule has 0 aromatic heterocycles. The van der Waals surface area contributed by atoms with E-state index in [0.717, 1.165) is 24.2 Å². The fraction of sp³-hybridized carbons (Fsp3) is 0.692. The van der Waals surface area contributed by atoms with Crippen molar-refractivity contribution >= 4 is 11.8 Å². The van der Waals surface area contributed by atoms with Crippen molar-refractivity contribution in [2.75, 3.05) is 26.2 Å². The van der Waals surface area contributed by atoms with Crippen molar-refractivity contribution in [2.45, 2.75) is 33.7 Å². The van der Waals surface area contributed by atoms with E-state index in [1.807, 2.05) is 27.7 Å². The summed E-state index contributed by atoms with van der Waals surface area (Å²) in [7, 11) is 0. The van der Waals surface area contributed by atoms with Gasteiger partial charge < -0.3 is 15.5 Å². The maximum atomic E-state index is 12.2. The second-order valence-corrected chi connectivity index (χ2v) is 4.87. The third-order valence-electron chi connectivity index (χ3n) is 2.98. The molecule has 1 fully saturated rings. The van der Waals surface area contributed by atoms with Gasteiger partial charge in [0.25, 0.3) is 0 Å². The molecule has 0 saturated carbocycles. The molecule has 1 saturated heterocycles. The van der Waals surface area contributed by atoms with Crippen LogP contribution in [-0.2, 0) is 9.59 Å². The van der Waals surface area contributed by atoms with Gasteiger partial charge in [-0.05, 0) is 33.3 Å². The van der Waals surface area contributed by atoms with Gasteiger partial charge in [-0.25, -0.2) is 0 Å². The van der Waals surface area contributed by atoms with Gasteiger partial charge in [-0.3, -0.25) is 9.59 Å². The minimum Gasteiger partial charge on any atom is -0.352 e. The van der Waals surface area contributed by atoms with E-state index in [9.17, 15) is 9.59 Å². The fourth-order valence-electron chi connectivity index (χ4n) is 1.77. The van der Waals surface area contributed by atoms with Gasteiger partial charge >= 0.3 is 0 Å². The zero-order chi connectivity index (χ0) is 13.7. The van der Waals surface area contributed by atoms with Gasteiger partial charge in [0.2, 0.25) is 11.8 Å². The quantitative estimate of drug-likeness (QED) is 0.692. The number of carbonyl (C=O) groups is 2. The highest BCUT2D eigenvalue weighted by atomic mass is 16.2. The Kier molecular flexibility index (Phi) is 5.34. The largest absolute Gasteiger partial charge is 0.352 e. The molecule has 1 heterocycles. The van der Waals surface area contributed by atoms with Crippen molar-refractivity contribution in [1.82, 2.24) is 15.5 Å². The Hall–Kier alpha value is -1.36. The lowest BCUT2D eigenvalue weighted by Gasteiger charge is -2.26. The Balaban J connectivity index is 2.60. The first-order chi connectivity index (χ1) is 8.45. The number of nitrogens with zero attached hydrogens (tertiary/aromatic N) is 1. The summed E-state index contributed by atoms with van der Waals surface area (Å²) in [5.74, 6) is -0.141. The van der Waals surface area contributed by atoms with Crippen LogP contribution in [0.3, 0.4) is 0 Å². The third kappa shape index (κ3) is 3.84. The molecule has 1 aliphatic rings. The predicted molar refractivity (Wildman–Crippen MR) is 71.1 cm³/mol. The van der Waals surface area contributed by atoms with E-state index in [4.69, 9.17) is 0 Å². The number of amides is 2. The topological polar surface area (TPSA) is 61.4 Å². The van der Waals surface area contributed by atoms with Crippen molar-refractivity contribution in [2.24, 2.45) is 0 Å². The summed E-state index contributed by atoms with van der Waals surface area (Å²) >= 11 is 0. The minimum absolute atomic E-state index is 0.0343. The summed E-state index contributed by atoms with van der Waals surface area (Å²) in [4.78, 5) is 25.4. The number of likely N-dealkylation sites (N-methyl/N-ethyl adjacent to an activating group) is 1. The molecular formula is C13H23N3O2. The van der Waals surface area contributed by atoms with E-state index in [2.05, 4.69) is 10.6 Å². The Morgan fingerprint density at radius 1 is 1.39 bits per heavy atom. The molecule has 2 N–H and O–H groups in total. The average Bonchev–Trinajstić information content (AvgIpc) is 2.21. The summed E-state index contributed by atoms with van der Waals surface area (Å²) in [6.07, 6.45) is 0. The van der Waals surface area contributed by atoms with Crippen LogP contribution < -0.4 is 10.6 Å². The summed E-state index contributed by atoms with van der Waals surface area (Å²) in [5, 5.41) is 5.91. The van der Waals surface area contributed by atoms with E-state index in [0.29, 0.717) is 6.54 Å². The molecule has 1 rings (SSSR count). The maximum absolute atomic E-state index is 12.2. The molecule has 1 aliphatic heterocycles. The predicted octanol–water partition coefficient (Wildman–Crippen LogP) is 0.279. The second kappa shape index (κ2) is 6.54. The standard InChI is InChI=1S/C13H23N3O2/c1-5-16(8-12(17)15-9(2)3)13(18)10(4)11-6-14-7-11/h9,14H,5-8H2,1-4H3,(H,15,17). The van der Waals surface area contributed by atoms with Gasteiger partial charge in [0.05, 0.1) is 6.54 Å². The van der Waals surface area contributed by atoms with Crippen molar-refractivity contribution < 1.29 is 9.59 Å². The molecule has 102 valence electrons. The van der Waals surface area contributed by atoms with Gasteiger partial charge in [0.1, 0.15) is 0 Å². The van der Waals surface area contributed by atoms with Crippen LogP contribution in [0.15, 0.2) is 11.1 Å². The van der Waals surface area contributed by atoms with Gasteiger partial charge in [0, 0.05) is 31.2 Å². The molecule has 2 amide bonds. The smallest absolute Gasteiger partial charge is 0.249 e. The summed E-state index contributed by atoms with van der Waals surface area (Å²) < 4.78 is 0. The molecular weight excluding hydrogens is 230 g/mol. The highest BCUT2D eigenvalue weighted by molar-refractivity contribution is 5.96. The number of carbonyl (C=O) groups excluding carboxylic acids is 2. The highest BCUT2D eigenvalue weighted by Crippen LogP contribution is 2.11. The van der Waals surface area contributed by atoms with E-state index in [1.54, 1.807) is 4.90 Å². The normalized spacial score (nSPS) is 14.2. The van der Waals surface area contributed by atoms with Crippen LogP contribution in [-0.4, -0.2) is 48.9 Å². The molecule has 0 spiro atoms. The first-order valence-corrected chi connectivity index (χ1v) is 6.43. The van der Waals surface area contributed by atoms with Crippen molar-refractivity contribution in [3.8, 4) is 0 Å². The van der Waals surface area contributed by atoms with Gasteiger partial charge in [-0.15, -0.1) is 0 Å². The number of hydrogen-bond donors (Lipinski definition) is 2. The lowest BCUT2D eigenvalue weighted by Crippen LogP contribution is -2.44. The van der Waals surface area contributed by atoms with E-state index < -0.39 is 0 Å². The molecule has 0 aliphatic carbocycles. The molecule has 0 radical (unpaired) electrons. The highest BCUT2D eigenvalue weighted by Gasteiger charge is 2.21. The van der Waals surface area contributed by atoms with Crippen LogP contribution >= 0.6 is 0 Å². The first kappa shape index (κ1) is 14.7. The SMILES string of the molecule is CCN(CC(=O)NC(C)C)C(=O)C(C)=C1CNC1. The Morgan fingerprint density at radius 3 is 2.39 bits per heavy atom. The molecule has 0 atom stereocenters. The Morgan fingerprint density at radius 2 is 2.00 bits per heavy atom. The zero-order valence-electron chi connectivity index (χ0n) is 11.7. The second-order valence-electron chi connectivity index (χ2n) is 4.87. The van der Waals surface area contributed by atoms with E-state index >= 15 is 0 Å². The Bertz CT molecular complexity index is 355. The van der Waals surface area contributed by atoms with Crippen LogP contribution in [0.4, 0.5) is 0 Å². The lowest BCUT2D eigenvalue weighted by molar-refractivity contribution is -0.133. The molecule has 0 unspecified atom stereocenters. The number of rotatable bonds is 5. The number of hydrogen-bond acceptors (Lipinski definition) is 3. The molecule has 0 aromatic rings. The van der Waals surface area contributed by atoms with Crippen molar-refractivity contribution in [3.05, 3.63) is 11.1 Å². The number of nitrogens with one attached hydrogen (secondary N) is 2. The average molecular weight is 253 g/mol. The maximum Gasteiger partial charge on any atom is 0.249 e. The molecule has 5 nitrogen and oxygen atoms in total. The third-order valence-corrected chi connectivity index (χ3v) is 2.98. The van der Waals surface area contributed by atoms with Crippen molar-refractivity contribution in [3.63, 3.8) is 0 Å². The van der Waals surface area contributed by atoms with Crippen LogP contribution in [0.1, 0.15) is 27.7 Å². The van der Waals surface area contributed by atoms with Crippen LogP contribution in [0, 0.1) is 0 Å². The summed E-state index contributed by atoms with van der Waals surface area (Å²) in [6, 6.07) is 0.0987. The van der Waals surface area contributed by atoms with Crippen LogP contribution in [0.5, 0.6) is 0 Å². The van der Waals surface area contributed by atoms with E-state index in [1.165, 1.54) is 0 Å². The van der Waals surface area contributed by atoms with Crippen LogP contribution in [0.25, 0.3) is 0 Å². The zero-order valence-corrected chi connectivity index (χ0v) is 11.7. The lowest BCUT2D eigenvalue weighted by atomic mass is 10.0. The summed E-state index contributed by atoms with van der Waals surface area (Å²) in [5.41, 5.74) is 1.91. The van der Waals surface area contributed by atoms with Gasteiger partial charge in [-0.2, -0.15) is 0 Å². The van der Waals surface area contributed by atoms with Crippen LogP contribution in [0.2, 0.25) is 0 Å². The molecule has 0 bridgehead atoms. The Labute approximate surface area is 109 Å². The van der Waals surface area contributed by atoms with Crippen molar-refractivity contribution in [1.29, 1.82) is 0 Å². The van der Waals surface area contributed by atoms with Gasteiger partial charge in [-0.1, -0.05) is 0 Å². The molecule has 5 heteroatoms. The molecule has 0 aromatic carbocycles.